The summed E-state index contributed by atoms with van der Waals surface area (Å²) in [4.78, 5) is 25.6. The minimum absolute atomic E-state index is 0.0101. The number of nitrogens with zero attached hydrogens (tertiary/aromatic N) is 1. The topological polar surface area (TPSA) is 116 Å². The standard InChI is InChI=1S/C18H17N3O5S/c22-15-4-2-1-3-13(15)17(23)21-8-7-11-9-12(5-6-14(11)21)27(25,26)16-10-19-18(24)20-16/h1-6,9,16,22H,7-8,10H2,(H2,19,20,24). The zero-order valence-corrected chi connectivity index (χ0v) is 15.0. The van der Waals surface area contributed by atoms with Crippen molar-refractivity contribution in [3.8, 4) is 5.75 Å². The Balaban J connectivity index is 1.64. The first-order valence-corrected chi connectivity index (χ1v) is 9.93. The number of hydrogen-bond acceptors (Lipinski definition) is 5. The Hall–Kier alpha value is -3.07. The van der Waals surface area contributed by atoms with E-state index in [2.05, 4.69) is 10.6 Å². The Morgan fingerprint density at radius 2 is 1.96 bits per heavy atom. The number of phenolic OH excluding ortho intramolecular Hbond substituents is 1. The monoisotopic (exact) mass is 387 g/mol. The molecule has 1 unspecified atom stereocenters. The van der Waals surface area contributed by atoms with Gasteiger partial charge in [-0.1, -0.05) is 12.1 Å². The van der Waals surface area contributed by atoms with Gasteiger partial charge in [0.1, 0.15) is 5.75 Å². The fourth-order valence-corrected chi connectivity index (χ4v) is 4.81. The molecular formula is C18H17N3O5S. The van der Waals surface area contributed by atoms with Gasteiger partial charge >= 0.3 is 6.03 Å². The molecular weight excluding hydrogens is 370 g/mol. The molecule has 2 aliphatic rings. The van der Waals surface area contributed by atoms with Crippen LogP contribution in [0.4, 0.5) is 10.5 Å². The highest BCUT2D eigenvalue weighted by molar-refractivity contribution is 7.92. The van der Waals surface area contributed by atoms with Gasteiger partial charge in [-0.05, 0) is 42.3 Å². The fourth-order valence-electron chi connectivity index (χ4n) is 3.35. The Morgan fingerprint density at radius 1 is 1.19 bits per heavy atom. The van der Waals surface area contributed by atoms with E-state index in [1.807, 2.05) is 0 Å². The minimum atomic E-state index is -3.73. The van der Waals surface area contributed by atoms with E-state index >= 15 is 0 Å². The van der Waals surface area contributed by atoms with Crippen molar-refractivity contribution in [1.29, 1.82) is 0 Å². The van der Waals surface area contributed by atoms with Crippen molar-refractivity contribution in [2.24, 2.45) is 0 Å². The lowest BCUT2D eigenvalue weighted by atomic mass is 10.1. The molecule has 27 heavy (non-hydrogen) atoms. The van der Waals surface area contributed by atoms with E-state index in [9.17, 15) is 23.1 Å². The smallest absolute Gasteiger partial charge is 0.315 e. The van der Waals surface area contributed by atoms with Crippen molar-refractivity contribution < 1.29 is 23.1 Å². The molecule has 0 bridgehead atoms. The number of aromatic hydroxyl groups is 1. The zero-order valence-electron chi connectivity index (χ0n) is 14.2. The third kappa shape index (κ3) is 2.89. The quantitative estimate of drug-likeness (QED) is 0.727. The number of amides is 3. The first kappa shape index (κ1) is 17.3. The summed E-state index contributed by atoms with van der Waals surface area (Å²) >= 11 is 0. The summed E-state index contributed by atoms with van der Waals surface area (Å²) in [6.45, 7) is 0.407. The minimum Gasteiger partial charge on any atom is -0.507 e. The number of anilines is 1. The number of rotatable bonds is 3. The van der Waals surface area contributed by atoms with Crippen LogP contribution in [0.1, 0.15) is 15.9 Å². The lowest BCUT2D eigenvalue weighted by Crippen LogP contribution is -2.34. The number of benzene rings is 2. The third-order valence-electron chi connectivity index (χ3n) is 4.77. The molecule has 0 aliphatic carbocycles. The van der Waals surface area contributed by atoms with Crippen LogP contribution in [0.2, 0.25) is 0 Å². The molecule has 2 heterocycles. The molecule has 1 saturated heterocycles. The van der Waals surface area contributed by atoms with Crippen LogP contribution >= 0.6 is 0 Å². The van der Waals surface area contributed by atoms with Gasteiger partial charge in [-0.25, -0.2) is 13.2 Å². The van der Waals surface area contributed by atoms with Crippen LogP contribution < -0.4 is 15.5 Å². The highest BCUT2D eigenvalue weighted by Crippen LogP contribution is 2.33. The highest BCUT2D eigenvalue weighted by Gasteiger charge is 2.35. The SMILES string of the molecule is O=C1NCC(S(=O)(=O)c2ccc3c(c2)CCN3C(=O)c2ccccc2O)N1. The molecule has 4 rings (SSSR count). The Kier molecular flexibility index (Phi) is 4.03. The maximum absolute atomic E-state index is 12.7. The fraction of sp³-hybridized carbons (Fsp3) is 0.222. The van der Waals surface area contributed by atoms with E-state index < -0.39 is 21.2 Å². The maximum atomic E-state index is 12.7. The summed E-state index contributed by atoms with van der Waals surface area (Å²) in [6.07, 6.45) is 0.507. The van der Waals surface area contributed by atoms with E-state index in [0.29, 0.717) is 18.7 Å². The molecule has 3 N–H and O–H groups in total. The molecule has 9 heteroatoms. The van der Waals surface area contributed by atoms with Crippen molar-refractivity contribution in [2.45, 2.75) is 16.7 Å². The van der Waals surface area contributed by atoms with Crippen molar-refractivity contribution in [2.75, 3.05) is 18.0 Å². The summed E-state index contributed by atoms with van der Waals surface area (Å²) in [6, 6.07) is 10.4. The van der Waals surface area contributed by atoms with Crippen LogP contribution in [0.15, 0.2) is 47.4 Å². The van der Waals surface area contributed by atoms with Gasteiger partial charge < -0.3 is 20.6 Å². The molecule has 3 amide bonds. The predicted octanol–water partition coefficient (Wildman–Crippen LogP) is 1.01. The van der Waals surface area contributed by atoms with Gasteiger partial charge in [0.05, 0.1) is 17.0 Å². The molecule has 8 nitrogen and oxygen atoms in total. The van der Waals surface area contributed by atoms with Crippen LogP contribution in [0, 0.1) is 0 Å². The lowest BCUT2D eigenvalue weighted by Gasteiger charge is -2.18. The van der Waals surface area contributed by atoms with Gasteiger partial charge in [0.2, 0.25) is 9.84 Å². The first-order chi connectivity index (χ1) is 12.9. The molecule has 2 aliphatic heterocycles. The second kappa shape index (κ2) is 6.27. The van der Waals surface area contributed by atoms with Crippen molar-refractivity contribution in [3.63, 3.8) is 0 Å². The van der Waals surface area contributed by atoms with Gasteiger partial charge in [-0.3, -0.25) is 4.79 Å². The zero-order chi connectivity index (χ0) is 19.2. The maximum Gasteiger partial charge on any atom is 0.315 e. The summed E-state index contributed by atoms with van der Waals surface area (Å²) in [5.74, 6) is -0.436. The largest absolute Gasteiger partial charge is 0.507 e. The summed E-state index contributed by atoms with van der Waals surface area (Å²) in [5.41, 5.74) is 1.55. The van der Waals surface area contributed by atoms with Crippen LogP contribution in [-0.2, 0) is 16.3 Å². The number of para-hydroxylation sites is 1. The molecule has 2 aromatic rings. The predicted molar refractivity (Wildman–Crippen MR) is 97.4 cm³/mol. The Morgan fingerprint density at radius 3 is 2.67 bits per heavy atom. The van der Waals surface area contributed by atoms with E-state index in [0.717, 1.165) is 5.56 Å². The summed E-state index contributed by atoms with van der Waals surface area (Å²) in [5, 5.41) is 13.7. The molecule has 0 spiro atoms. The van der Waals surface area contributed by atoms with Gasteiger partial charge in [-0.15, -0.1) is 0 Å². The molecule has 1 atom stereocenters. The summed E-state index contributed by atoms with van der Waals surface area (Å²) in [7, 11) is -3.73. The van der Waals surface area contributed by atoms with Gasteiger partial charge in [0.15, 0.2) is 5.37 Å². The van der Waals surface area contributed by atoms with E-state index in [1.165, 1.54) is 17.0 Å². The van der Waals surface area contributed by atoms with E-state index in [-0.39, 0.29) is 28.7 Å². The average Bonchev–Trinajstić information content (AvgIpc) is 3.27. The molecule has 140 valence electrons. The van der Waals surface area contributed by atoms with Crippen molar-refractivity contribution >= 4 is 27.5 Å². The number of nitrogens with one attached hydrogen (secondary N) is 2. The van der Waals surface area contributed by atoms with Gasteiger partial charge in [0, 0.05) is 12.2 Å². The summed E-state index contributed by atoms with van der Waals surface area (Å²) < 4.78 is 25.4. The molecule has 1 fully saturated rings. The lowest BCUT2D eigenvalue weighted by molar-refractivity contribution is 0.0987. The third-order valence-corrected chi connectivity index (χ3v) is 6.71. The van der Waals surface area contributed by atoms with Crippen molar-refractivity contribution in [1.82, 2.24) is 10.6 Å². The number of carbonyl (C=O) groups is 2. The van der Waals surface area contributed by atoms with Crippen LogP contribution in [-0.4, -0.2) is 43.9 Å². The first-order valence-electron chi connectivity index (χ1n) is 8.39. The number of carbonyl (C=O) groups excluding carboxylic acids is 2. The van der Waals surface area contributed by atoms with Gasteiger partial charge in [0.25, 0.3) is 5.91 Å². The Bertz CT molecular complexity index is 1050. The molecule has 0 radical (unpaired) electrons. The second-order valence-corrected chi connectivity index (χ2v) is 8.53. The highest BCUT2D eigenvalue weighted by atomic mass is 32.2. The number of hydrogen-bond donors (Lipinski definition) is 3. The molecule has 0 aromatic heterocycles. The van der Waals surface area contributed by atoms with E-state index in [1.54, 1.807) is 30.3 Å². The number of urea groups is 1. The van der Waals surface area contributed by atoms with Gasteiger partial charge in [-0.2, -0.15) is 0 Å². The average molecular weight is 387 g/mol. The second-order valence-electron chi connectivity index (χ2n) is 6.40. The number of fused-ring (bicyclic) bond motifs is 1. The van der Waals surface area contributed by atoms with Crippen LogP contribution in [0.5, 0.6) is 5.75 Å². The van der Waals surface area contributed by atoms with Crippen molar-refractivity contribution in [3.05, 3.63) is 53.6 Å². The normalized spacial score (nSPS) is 18.7. The molecule has 2 aromatic carbocycles. The molecule has 0 saturated carbocycles. The number of phenols is 1. The van der Waals surface area contributed by atoms with E-state index in [4.69, 9.17) is 0 Å². The van der Waals surface area contributed by atoms with Crippen LogP contribution in [0.25, 0.3) is 0 Å². The Labute approximate surface area is 155 Å². The number of sulfone groups is 1. The van der Waals surface area contributed by atoms with Crippen LogP contribution in [0.3, 0.4) is 0 Å².